The second-order valence-corrected chi connectivity index (χ2v) is 10.7. The van der Waals surface area contributed by atoms with Gasteiger partial charge in [-0.25, -0.2) is 4.79 Å². The van der Waals surface area contributed by atoms with Gasteiger partial charge < -0.3 is 25.8 Å². The minimum atomic E-state index is -4.84. The molecule has 1 aromatic heterocycles. The van der Waals surface area contributed by atoms with Gasteiger partial charge in [-0.15, -0.1) is 0 Å². The summed E-state index contributed by atoms with van der Waals surface area (Å²) in [5.41, 5.74) is -0.740. The summed E-state index contributed by atoms with van der Waals surface area (Å²) in [6.07, 6.45) is -4.00. The summed E-state index contributed by atoms with van der Waals surface area (Å²) >= 11 is 0. The van der Waals surface area contributed by atoms with Gasteiger partial charge in [0.05, 0.1) is 35.1 Å². The van der Waals surface area contributed by atoms with E-state index in [1.165, 1.54) is 0 Å². The molecule has 1 aliphatic heterocycles. The minimum Gasteiger partial charge on any atom is -0.330 e. The number of benzene rings is 2. The van der Waals surface area contributed by atoms with Gasteiger partial charge in [0.2, 0.25) is 5.91 Å². The second-order valence-electron chi connectivity index (χ2n) is 10.7. The van der Waals surface area contributed by atoms with Crippen molar-refractivity contribution < 1.29 is 27.6 Å². The molecule has 0 saturated heterocycles. The Labute approximate surface area is 241 Å². The maximum atomic E-state index is 13.7. The summed E-state index contributed by atoms with van der Waals surface area (Å²) in [7, 11) is 3.83. The van der Waals surface area contributed by atoms with Crippen LogP contribution in [0.4, 0.5) is 29.5 Å². The standard InChI is InChI=1S/C29H32F3N7O3/c1-6-23(40)33-21-13-12-18(14-20(21)29(30,31)32)26(41)35-25-19-15-39(28(2,3)24(19)36-37-25)27(42)34-22(16-38(4)5)17-10-8-7-9-11-17/h6-14,22H,1,15-16H2,2-5H3,(H,33,40)(H,34,42)(H2,35,36,37,41)/t22-/m1/s1. The average molecular weight is 584 g/mol. The van der Waals surface area contributed by atoms with Crippen molar-refractivity contribution >= 4 is 29.4 Å². The van der Waals surface area contributed by atoms with E-state index >= 15 is 0 Å². The van der Waals surface area contributed by atoms with Crippen LogP contribution in [-0.4, -0.2) is 58.5 Å². The van der Waals surface area contributed by atoms with E-state index < -0.39 is 34.8 Å². The number of likely N-dealkylation sites (N-methyl/N-ethyl adjacent to an activating group) is 1. The van der Waals surface area contributed by atoms with Gasteiger partial charge in [0, 0.05) is 17.7 Å². The van der Waals surface area contributed by atoms with Gasteiger partial charge >= 0.3 is 12.2 Å². The molecular weight excluding hydrogens is 551 g/mol. The largest absolute Gasteiger partial charge is 0.418 e. The lowest BCUT2D eigenvalue weighted by Gasteiger charge is -2.34. The van der Waals surface area contributed by atoms with Crippen LogP contribution in [-0.2, 0) is 23.1 Å². The molecule has 0 spiro atoms. The Bertz CT molecular complexity index is 1500. The third kappa shape index (κ3) is 6.30. The number of urea groups is 1. The lowest BCUT2D eigenvalue weighted by Crippen LogP contribution is -2.48. The van der Waals surface area contributed by atoms with Crippen LogP contribution in [0.1, 0.15) is 52.6 Å². The van der Waals surface area contributed by atoms with E-state index in [0.29, 0.717) is 23.9 Å². The summed E-state index contributed by atoms with van der Waals surface area (Å²) in [4.78, 5) is 41.7. The Kier molecular flexibility index (Phi) is 8.43. The zero-order valence-electron chi connectivity index (χ0n) is 23.6. The highest BCUT2D eigenvalue weighted by Gasteiger charge is 2.44. The second kappa shape index (κ2) is 11.7. The molecule has 3 aromatic rings. The first-order valence-corrected chi connectivity index (χ1v) is 13.0. The summed E-state index contributed by atoms with van der Waals surface area (Å²) < 4.78 is 41.1. The van der Waals surface area contributed by atoms with Gasteiger partial charge in [-0.1, -0.05) is 36.9 Å². The van der Waals surface area contributed by atoms with Crippen molar-refractivity contribution in [3.63, 3.8) is 0 Å². The lowest BCUT2D eigenvalue weighted by atomic mass is 10.0. The molecule has 0 aliphatic carbocycles. The van der Waals surface area contributed by atoms with Crippen LogP contribution in [0.15, 0.2) is 61.2 Å². The first kappa shape index (κ1) is 30.3. The van der Waals surface area contributed by atoms with Crippen LogP contribution < -0.4 is 16.0 Å². The molecule has 1 atom stereocenters. The van der Waals surface area contributed by atoms with Crippen LogP contribution >= 0.6 is 0 Å². The van der Waals surface area contributed by atoms with Gasteiger partial charge in [0.1, 0.15) is 0 Å². The van der Waals surface area contributed by atoms with Crippen LogP contribution in [0, 0.1) is 0 Å². The van der Waals surface area contributed by atoms with Crippen molar-refractivity contribution in [2.75, 3.05) is 31.3 Å². The number of halogens is 3. The first-order chi connectivity index (χ1) is 19.7. The molecule has 0 unspecified atom stereocenters. The molecule has 4 N–H and O–H groups in total. The monoisotopic (exact) mass is 583 g/mol. The molecule has 222 valence electrons. The van der Waals surface area contributed by atoms with Crippen molar-refractivity contribution in [2.24, 2.45) is 0 Å². The Balaban J connectivity index is 1.54. The Morgan fingerprint density at radius 2 is 1.83 bits per heavy atom. The van der Waals surface area contributed by atoms with Crippen molar-refractivity contribution in [2.45, 2.75) is 38.1 Å². The molecule has 4 rings (SSSR count). The molecule has 4 amide bonds. The molecule has 42 heavy (non-hydrogen) atoms. The third-order valence-electron chi connectivity index (χ3n) is 7.02. The quantitative estimate of drug-likeness (QED) is 0.282. The normalized spacial score (nSPS) is 14.7. The average Bonchev–Trinajstić information content (AvgIpc) is 3.45. The predicted octanol–water partition coefficient (Wildman–Crippen LogP) is 4.87. The highest BCUT2D eigenvalue weighted by atomic mass is 19.4. The van der Waals surface area contributed by atoms with Crippen molar-refractivity contribution in [3.8, 4) is 0 Å². The Hall–Kier alpha value is -4.65. The number of nitrogens with one attached hydrogen (secondary N) is 4. The molecule has 0 saturated carbocycles. The maximum absolute atomic E-state index is 13.7. The number of aromatic amines is 1. The number of hydrogen-bond acceptors (Lipinski definition) is 5. The molecular formula is C29H32F3N7O3. The summed E-state index contributed by atoms with van der Waals surface area (Å²) in [6.45, 7) is 7.56. The highest BCUT2D eigenvalue weighted by molar-refractivity contribution is 6.05. The number of H-pyrrole nitrogens is 1. The number of amides is 4. The van der Waals surface area contributed by atoms with E-state index in [4.69, 9.17) is 0 Å². The number of nitrogens with zero attached hydrogens (tertiary/aromatic N) is 3. The molecule has 0 fully saturated rings. The van der Waals surface area contributed by atoms with E-state index in [1.54, 1.807) is 4.90 Å². The zero-order chi connectivity index (χ0) is 30.8. The van der Waals surface area contributed by atoms with Crippen LogP contribution in [0.5, 0.6) is 0 Å². The molecule has 1 aliphatic rings. The molecule has 0 bridgehead atoms. The van der Waals surface area contributed by atoms with Gasteiger partial charge in [-0.05, 0) is 57.8 Å². The third-order valence-corrected chi connectivity index (χ3v) is 7.02. The van der Waals surface area contributed by atoms with E-state index in [2.05, 4.69) is 32.7 Å². The number of fused-ring (bicyclic) bond motifs is 1. The summed E-state index contributed by atoms with van der Waals surface area (Å²) in [6, 6.07) is 11.8. The fourth-order valence-electron chi connectivity index (χ4n) is 4.85. The molecule has 2 heterocycles. The predicted molar refractivity (Wildman–Crippen MR) is 152 cm³/mol. The van der Waals surface area contributed by atoms with Crippen LogP contribution in [0.25, 0.3) is 0 Å². The minimum absolute atomic E-state index is 0.101. The molecule has 2 aromatic carbocycles. The number of anilines is 2. The van der Waals surface area contributed by atoms with Gasteiger partial charge in [0.25, 0.3) is 5.91 Å². The topological polar surface area (TPSA) is 122 Å². The van der Waals surface area contributed by atoms with Crippen LogP contribution in [0.2, 0.25) is 0 Å². The Morgan fingerprint density at radius 3 is 2.45 bits per heavy atom. The van der Waals surface area contributed by atoms with Crippen molar-refractivity contribution in [1.29, 1.82) is 0 Å². The molecule has 10 nitrogen and oxygen atoms in total. The number of carbonyl (C=O) groups is 3. The van der Waals surface area contributed by atoms with E-state index in [-0.39, 0.29) is 30.0 Å². The fourth-order valence-corrected chi connectivity index (χ4v) is 4.85. The van der Waals surface area contributed by atoms with Gasteiger partial charge in [0.15, 0.2) is 5.82 Å². The summed E-state index contributed by atoms with van der Waals surface area (Å²) in [5.74, 6) is -1.56. The highest BCUT2D eigenvalue weighted by Crippen LogP contribution is 2.41. The number of alkyl halides is 3. The number of aromatic nitrogens is 2. The number of hydrogen-bond donors (Lipinski definition) is 4. The van der Waals surface area contributed by atoms with E-state index in [0.717, 1.165) is 23.8 Å². The number of carbonyl (C=O) groups excluding carboxylic acids is 3. The smallest absolute Gasteiger partial charge is 0.330 e. The van der Waals surface area contributed by atoms with Crippen LogP contribution in [0.3, 0.4) is 0 Å². The van der Waals surface area contributed by atoms with Crippen molar-refractivity contribution in [1.82, 2.24) is 25.3 Å². The van der Waals surface area contributed by atoms with Gasteiger partial charge in [-0.2, -0.15) is 18.3 Å². The lowest BCUT2D eigenvalue weighted by molar-refractivity contribution is -0.137. The van der Waals surface area contributed by atoms with Crippen molar-refractivity contribution in [3.05, 3.63) is 89.1 Å². The Morgan fingerprint density at radius 1 is 1.14 bits per heavy atom. The van der Waals surface area contributed by atoms with E-state index in [9.17, 15) is 27.6 Å². The molecule has 0 radical (unpaired) electrons. The zero-order valence-corrected chi connectivity index (χ0v) is 23.6. The fraction of sp³-hybridized carbons (Fsp3) is 0.310. The first-order valence-electron chi connectivity index (χ1n) is 13.0. The number of rotatable bonds is 8. The summed E-state index contributed by atoms with van der Waals surface area (Å²) in [5, 5.41) is 14.8. The van der Waals surface area contributed by atoms with E-state index in [1.807, 2.05) is 63.2 Å². The van der Waals surface area contributed by atoms with Gasteiger partial charge in [-0.3, -0.25) is 14.7 Å². The molecule has 13 heteroatoms. The SMILES string of the molecule is C=CC(=O)Nc1ccc(C(=O)Nc2n[nH]c3c2CN(C(=O)N[C@H](CN(C)C)c2ccccc2)C3(C)C)cc1C(F)(F)F. The maximum Gasteiger partial charge on any atom is 0.418 e.